The molecule has 0 aromatic heterocycles. The van der Waals surface area contributed by atoms with Crippen molar-refractivity contribution in [3.8, 4) is 11.5 Å². The minimum atomic E-state index is -0.196. The lowest BCUT2D eigenvalue weighted by atomic mass is 10.0. The second-order valence-electron chi connectivity index (χ2n) is 6.13. The summed E-state index contributed by atoms with van der Waals surface area (Å²) in [4.78, 5) is 11.3. The summed E-state index contributed by atoms with van der Waals surface area (Å²) in [5.74, 6) is 1.36. The predicted octanol–water partition coefficient (Wildman–Crippen LogP) is 4.22. The van der Waals surface area contributed by atoms with Gasteiger partial charge in [-0.2, -0.15) is 0 Å². The summed E-state index contributed by atoms with van der Waals surface area (Å²) >= 11 is 0. The SMILES string of the molecule is COC(=O)CCc1ccc(Oc2cc(C)cc([C@@H](C)N)c2)cc1C. The Bertz CT molecular complexity index is 723. The van der Waals surface area contributed by atoms with Gasteiger partial charge in [0, 0.05) is 12.5 Å². The number of methoxy groups -OCH3 is 1. The maximum Gasteiger partial charge on any atom is 0.305 e. The second-order valence-corrected chi connectivity index (χ2v) is 6.13. The van der Waals surface area contributed by atoms with Crippen molar-refractivity contribution in [1.82, 2.24) is 0 Å². The van der Waals surface area contributed by atoms with E-state index in [2.05, 4.69) is 10.8 Å². The molecule has 0 spiro atoms. The Morgan fingerprint density at radius 1 is 1.12 bits per heavy atom. The van der Waals surface area contributed by atoms with Crippen LogP contribution in [0.3, 0.4) is 0 Å². The molecule has 128 valence electrons. The molecule has 0 radical (unpaired) electrons. The van der Waals surface area contributed by atoms with Crippen molar-refractivity contribution in [1.29, 1.82) is 0 Å². The third-order valence-electron chi connectivity index (χ3n) is 3.97. The molecule has 0 aliphatic rings. The van der Waals surface area contributed by atoms with E-state index < -0.39 is 0 Å². The molecule has 1 atom stereocenters. The molecule has 0 saturated carbocycles. The van der Waals surface area contributed by atoms with E-state index in [1.165, 1.54) is 7.11 Å². The van der Waals surface area contributed by atoms with Crippen LogP contribution in [0.25, 0.3) is 0 Å². The average molecular weight is 327 g/mol. The molecule has 4 nitrogen and oxygen atoms in total. The molecule has 2 aromatic rings. The first-order valence-corrected chi connectivity index (χ1v) is 8.10. The first kappa shape index (κ1) is 18.0. The topological polar surface area (TPSA) is 61.5 Å². The molecule has 24 heavy (non-hydrogen) atoms. The number of rotatable bonds is 6. The number of benzene rings is 2. The maximum atomic E-state index is 11.3. The van der Waals surface area contributed by atoms with E-state index >= 15 is 0 Å². The van der Waals surface area contributed by atoms with Crippen LogP contribution in [0.2, 0.25) is 0 Å². The Hall–Kier alpha value is -2.33. The van der Waals surface area contributed by atoms with Crippen LogP contribution in [0, 0.1) is 13.8 Å². The van der Waals surface area contributed by atoms with Crippen molar-refractivity contribution >= 4 is 5.97 Å². The monoisotopic (exact) mass is 327 g/mol. The van der Waals surface area contributed by atoms with Gasteiger partial charge in [0.05, 0.1) is 7.11 Å². The average Bonchev–Trinajstić information content (AvgIpc) is 2.53. The fourth-order valence-corrected chi connectivity index (χ4v) is 2.59. The van der Waals surface area contributed by atoms with Gasteiger partial charge in [-0.3, -0.25) is 4.79 Å². The van der Waals surface area contributed by atoms with Gasteiger partial charge in [-0.1, -0.05) is 12.1 Å². The molecule has 0 aliphatic heterocycles. The zero-order valence-corrected chi connectivity index (χ0v) is 14.8. The number of carbonyl (C=O) groups is 1. The minimum absolute atomic E-state index is 0.0327. The Kier molecular flexibility index (Phi) is 5.99. The molecule has 0 unspecified atom stereocenters. The van der Waals surface area contributed by atoms with Gasteiger partial charge >= 0.3 is 5.97 Å². The lowest BCUT2D eigenvalue weighted by molar-refractivity contribution is -0.140. The number of hydrogen-bond donors (Lipinski definition) is 1. The Morgan fingerprint density at radius 3 is 2.50 bits per heavy atom. The fraction of sp³-hybridized carbons (Fsp3) is 0.350. The minimum Gasteiger partial charge on any atom is -0.469 e. The predicted molar refractivity (Wildman–Crippen MR) is 95.4 cm³/mol. The zero-order valence-electron chi connectivity index (χ0n) is 14.8. The van der Waals surface area contributed by atoms with Crippen LogP contribution in [0.1, 0.15) is 41.6 Å². The van der Waals surface area contributed by atoms with Gasteiger partial charge < -0.3 is 15.2 Å². The molecule has 0 heterocycles. The quantitative estimate of drug-likeness (QED) is 0.807. The smallest absolute Gasteiger partial charge is 0.305 e. The molecule has 4 heteroatoms. The van der Waals surface area contributed by atoms with Gasteiger partial charge in [0.2, 0.25) is 0 Å². The van der Waals surface area contributed by atoms with Gasteiger partial charge in [-0.25, -0.2) is 0 Å². The molecule has 2 N–H and O–H groups in total. The highest BCUT2D eigenvalue weighted by Gasteiger charge is 2.08. The first-order valence-electron chi connectivity index (χ1n) is 8.10. The normalized spacial score (nSPS) is 11.9. The Morgan fingerprint density at radius 2 is 1.88 bits per heavy atom. The third kappa shape index (κ3) is 4.83. The molecule has 2 rings (SSSR count). The number of nitrogens with two attached hydrogens (primary N) is 1. The van der Waals surface area contributed by atoms with Crippen molar-refractivity contribution in [2.45, 2.75) is 39.7 Å². The van der Waals surface area contributed by atoms with Crippen molar-refractivity contribution in [2.75, 3.05) is 7.11 Å². The van der Waals surface area contributed by atoms with E-state index in [1.807, 2.05) is 51.1 Å². The van der Waals surface area contributed by atoms with E-state index in [0.29, 0.717) is 12.8 Å². The molecule has 0 bridgehead atoms. The van der Waals surface area contributed by atoms with Crippen LogP contribution in [-0.4, -0.2) is 13.1 Å². The molecular weight excluding hydrogens is 302 g/mol. The van der Waals surface area contributed by atoms with Gasteiger partial charge in [0.25, 0.3) is 0 Å². The van der Waals surface area contributed by atoms with E-state index in [-0.39, 0.29) is 12.0 Å². The third-order valence-corrected chi connectivity index (χ3v) is 3.97. The van der Waals surface area contributed by atoms with Gasteiger partial charge in [-0.05, 0) is 73.7 Å². The first-order chi connectivity index (χ1) is 11.4. The van der Waals surface area contributed by atoms with Crippen molar-refractivity contribution in [3.05, 3.63) is 58.7 Å². The summed E-state index contributed by atoms with van der Waals surface area (Å²) in [5, 5.41) is 0. The van der Waals surface area contributed by atoms with Gasteiger partial charge in [-0.15, -0.1) is 0 Å². The van der Waals surface area contributed by atoms with E-state index in [9.17, 15) is 4.79 Å². The molecule has 0 fully saturated rings. The zero-order chi connectivity index (χ0) is 17.7. The summed E-state index contributed by atoms with van der Waals surface area (Å²) in [6.45, 7) is 6.00. The molecule has 0 saturated heterocycles. The molecular formula is C20H25NO3. The van der Waals surface area contributed by atoms with Crippen LogP contribution in [0.5, 0.6) is 11.5 Å². The van der Waals surface area contributed by atoms with Gasteiger partial charge in [0.1, 0.15) is 11.5 Å². The Labute approximate surface area is 143 Å². The van der Waals surface area contributed by atoms with Crippen LogP contribution in [-0.2, 0) is 16.0 Å². The summed E-state index contributed by atoms with van der Waals surface area (Å²) in [6, 6.07) is 11.9. The van der Waals surface area contributed by atoms with Gasteiger partial charge in [0.15, 0.2) is 0 Å². The summed E-state index contributed by atoms with van der Waals surface area (Å²) in [5.41, 5.74) is 10.3. The summed E-state index contributed by atoms with van der Waals surface area (Å²) < 4.78 is 10.7. The highest BCUT2D eigenvalue weighted by molar-refractivity contribution is 5.69. The number of hydrogen-bond acceptors (Lipinski definition) is 4. The van der Waals surface area contributed by atoms with Crippen molar-refractivity contribution in [2.24, 2.45) is 5.73 Å². The highest BCUT2D eigenvalue weighted by Crippen LogP contribution is 2.27. The van der Waals surface area contributed by atoms with Crippen LogP contribution < -0.4 is 10.5 Å². The molecule has 0 aliphatic carbocycles. The highest BCUT2D eigenvalue weighted by atomic mass is 16.5. The van der Waals surface area contributed by atoms with Crippen LogP contribution >= 0.6 is 0 Å². The number of aryl methyl sites for hydroxylation is 3. The largest absolute Gasteiger partial charge is 0.469 e. The summed E-state index contributed by atoms with van der Waals surface area (Å²) in [6.07, 6.45) is 1.05. The van der Waals surface area contributed by atoms with E-state index in [0.717, 1.165) is 33.8 Å². The standard InChI is InChI=1S/C20H25NO3/c1-13-9-17(15(3)21)12-19(10-13)24-18-7-5-16(14(2)11-18)6-8-20(22)23-4/h5,7,9-12,15H,6,8,21H2,1-4H3/t15-/m1/s1. The number of carbonyl (C=O) groups excluding carboxylic acids is 1. The number of esters is 1. The lowest BCUT2D eigenvalue weighted by Crippen LogP contribution is -2.05. The van der Waals surface area contributed by atoms with Crippen LogP contribution in [0.15, 0.2) is 36.4 Å². The fourth-order valence-electron chi connectivity index (χ4n) is 2.59. The Balaban J connectivity index is 2.13. The molecule has 0 amide bonds. The van der Waals surface area contributed by atoms with E-state index in [4.69, 9.17) is 10.5 Å². The number of ether oxygens (including phenoxy) is 2. The van der Waals surface area contributed by atoms with E-state index in [1.54, 1.807) is 0 Å². The molecule has 2 aromatic carbocycles. The second kappa shape index (κ2) is 7.97. The summed E-state index contributed by atoms with van der Waals surface area (Å²) in [7, 11) is 1.41. The lowest BCUT2D eigenvalue weighted by Gasteiger charge is -2.13. The van der Waals surface area contributed by atoms with Crippen molar-refractivity contribution < 1.29 is 14.3 Å². The van der Waals surface area contributed by atoms with Crippen LogP contribution in [0.4, 0.5) is 0 Å². The maximum absolute atomic E-state index is 11.3. The van der Waals surface area contributed by atoms with Crippen molar-refractivity contribution in [3.63, 3.8) is 0 Å².